The van der Waals surface area contributed by atoms with Gasteiger partial charge in [-0.3, -0.25) is 0 Å². The van der Waals surface area contributed by atoms with Gasteiger partial charge in [-0.2, -0.15) is 0 Å². The maximum absolute atomic E-state index is 12.3. The normalized spacial score (nSPS) is 15.2. The molecule has 5 nitrogen and oxygen atoms in total. The number of carbonyl (C=O) groups is 2. The van der Waals surface area contributed by atoms with Gasteiger partial charge in [-0.1, -0.05) is 17.7 Å². The van der Waals surface area contributed by atoms with Gasteiger partial charge in [-0.05, 0) is 47.5 Å². The molecule has 1 aromatic rings. The van der Waals surface area contributed by atoms with E-state index in [1.807, 2.05) is 0 Å². The predicted molar refractivity (Wildman–Crippen MR) is 94.5 cm³/mol. The number of rotatable bonds is 3. The van der Waals surface area contributed by atoms with Crippen molar-refractivity contribution in [3.63, 3.8) is 0 Å². The van der Waals surface area contributed by atoms with Gasteiger partial charge >= 0.3 is 11.9 Å². The molecule has 0 saturated carbocycles. The van der Waals surface area contributed by atoms with E-state index in [1.54, 1.807) is 32.0 Å². The highest BCUT2D eigenvalue weighted by Gasteiger charge is 2.37. The van der Waals surface area contributed by atoms with Crippen molar-refractivity contribution in [1.29, 1.82) is 0 Å². The van der Waals surface area contributed by atoms with Gasteiger partial charge in [0.25, 0.3) is 0 Å². The highest BCUT2D eigenvalue weighted by Crippen LogP contribution is 2.40. The first kappa shape index (κ1) is 18.5. The summed E-state index contributed by atoms with van der Waals surface area (Å²) in [5.74, 6) is -1.63. The second-order valence-corrected chi connectivity index (χ2v) is 6.55. The van der Waals surface area contributed by atoms with Crippen LogP contribution in [-0.4, -0.2) is 26.2 Å². The molecule has 1 aliphatic heterocycles. The smallest absolute Gasteiger partial charge is 0.336 e. The number of esters is 2. The van der Waals surface area contributed by atoms with E-state index < -0.39 is 17.9 Å². The van der Waals surface area contributed by atoms with E-state index in [9.17, 15) is 9.59 Å². The Bertz CT molecular complexity index is 732. The van der Waals surface area contributed by atoms with Gasteiger partial charge in [0.1, 0.15) is 0 Å². The van der Waals surface area contributed by atoms with Crippen molar-refractivity contribution in [1.82, 2.24) is 5.32 Å². The second kappa shape index (κ2) is 7.40. The van der Waals surface area contributed by atoms with Crippen LogP contribution in [0.1, 0.15) is 25.3 Å². The van der Waals surface area contributed by atoms with E-state index in [-0.39, 0.29) is 0 Å². The average molecular weight is 415 g/mol. The molecule has 128 valence electrons. The Balaban J connectivity index is 2.71. The molecule has 0 saturated heterocycles. The maximum Gasteiger partial charge on any atom is 0.336 e. The van der Waals surface area contributed by atoms with Crippen LogP contribution in [0, 0.1) is 0 Å². The molecular formula is C17H17BrClNO4. The lowest BCUT2D eigenvalue weighted by molar-refractivity contribution is -0.137. The summed E-state index contributed by atoms with van der Waals surface area (Å²) in [6, 6.07) is 5.26. The third kappa shape index (κ3) is 3.35. The van der Waals surface area contributed by atoms with Gasteiger partial charge in [-0.15, -0.1) is 0 Å². The number of dihydropyridines is 1. The number of allylic oxidation sites excluding steroid dienone is 2. The molecule has 0 bridgehead atoms. The van der Waals surface area contributed by atoms with Crippen molar-refractivity contribution < 1.29 is 19.1 Å². The Kier molecular flexibility index (Phi) is 5.72. The molecule has 0 aliphatic carbocycles. The lowest BCUT2D eigenvalue weighted by Gasteiger charge is -2.30. The molecule has 0 fully saturated rings. The van der Waals surface area contributed by atoms with E-state index in [0.717, 1.165) is 5.56 Å². The number of halogens is 2. The van der Waals surface area contributed by atoms with Crippen LogP contribution in [0.4, 0.5) is 0 Å². The summed E-state index contributed by atoms with van der Waals surface area (Å²) in [7, 11) is 2.61. The summed E-state index contributed by atoms with van der Waals surface area (Å²) in [5, 5.41) is 3.59. The average Bonchev–Trinajstić information content (AvgIpc) is 2.55. The molecule has 1 aliphatic rings. The molecule has 24 heavy (non-hydrogen) atoms. The Morgan fingerprint density at radius 2 is 1.58 bits per heavy atom. The fourth-order valence-corrected chi connectivity index (χ4v) is 3.29. The monoisotopic (exact) mass is 413 g/mol. The number of methoxy groups -OCH3 is 2. The van der Waals surface area contributed by atoms with Gasteiger partial charge < -0.3 is 14.8 Å². The molecular weight excluding hydrogens is 398 g/mol. The van der Waals surface area contributed by atoms with Gasteiger partial charge in [0.05, 0.1) is 36.3 Å². The Morgan fingerprint density at radius 3 is 2.00 bits per heavy atom. The van der Waals surface area contributed by atoms with Crippen LogP contribution in [0.15, 0.2) is 45.2 Å². The zero-order valence-corrected chi connectivity index (χ0v) is 16.0. The van der Waals surface area contributed by atoms with E-state index in [2.05, 4.69) is 21.2 Å². The molecule has 7 heteroatoms. The van der Waals surface area contributed by atoms with Gasteiger partial charge in [0.2, 0.25) is 0 Å². The molecule has 1 aromatic carbocycles. The summed E-state index contributed by atoms with van der Waals surface area (Å²) in [4.78, 5) is 24.7. The summed E-state index contributed by atoms with van der Waals surface area (Å²) in [6.07, 6.45) is 0. The number of hydrogen-bond acceptors (Lipinski definition) is 5. The minimum atomic E-state index is -0.611. The molecule has 2 rings (SSSR count). The molecule has 0 unspecified atom stereocenters. The van der Waals surface area contributed by atoms with Crippen molar-refractivity contribution in [3.05, 3.63) is 55.8 Å². The molecule has 0 atom stereocenters. The van der Waals surface area contributed by atoms with Crippen LogP contribution < -0.4 is 5.32 Å². The molecule has 0 amide bonds. The van der Waals surface area contributed by atoms with Crippen molar-refractivity contribution >= 4 is 39.5 Å². The molecule has 0 aromatic heterocycles. The standard InChI is InChI=1S/C17H17BrClNO4/c1-8-13(16(21)23-3)15(10-5-6-12(19)11(18)7-10)14(9(2)20-8)17(22)24-4/h5-7,15,20H,1-4H3. The van der Waals surface area contributed by atoms with Crippen LogP contribution in [0.3, 0.4) is 0 Å². The fourth-order valence-electron chi connectivity index (χ4n) is 2.78. The fraction of sp³-hybridized carbons (Fsp3) is 0.294. The lowest BCUT2D eigenvalue weighted by Crippen LogP contribution is -2.32. The summed E-state index contributed by atoms with van der Waals surface area (Å²) in [6.45, 7) is 3.53. The van der Waals surface area contributed by atoms with Crippen LogP contribution in [0.2, 0.25) is 5.02 Å². The first-order valence-corrected chi connectivity index (χ1v) is 8.29. The third-order valence-electron chi connectivity index (χ3n) is 3.85. The quantitative estimate of drug-likeness (QED) is 0.764. The maximum atomic E-state index is 12.3. The minimum Gasteiger partial charge on any atom is -0.466 e. The van der Waals surface area contributed by atoms with Crippen LogP contribution in [-0.2, 0) is 19.1 Å². The number of carbonyl (C=O) groups excluding carboxylic acids is 2. The predicted octanol–water partition coefficient (Wildman–Crippen LogP) is 3.68. The topological polar surface area (TPSA) is 64.6 Å². The van der Waals surface area contributed by atoms with E-state index in [1.165, 1.54) is 14.2 Å². The van der Waals surface area contributed by atoms with Crippen LogP contribution >= 0.6 is 27.5 Å². The van der Waals surface area contributed by atoms with Crippen molar-refractivity contribution in [2.24, 2.45) is 0 Å². The van der Waals surface area contributed by atoms with E-state index in [0.29, 0.717) is 32.0 Å². The SMILES string of the molecule is COC(=O)C1=C(C)NC(C)=C(C(=O)OC)C1c1ccc(Cl)c(Br)c1. The van der Waals surface area contributed by atoms with Crippen LogP contribution in [0.5, 0.6) is 0 Å². The van der Waals surface area contributed by atoms with Gasteiger partial charge in [-0.25, -0.2) is 9.59 Å². The van der Waals surface area contributed by atoms with Crippen molar-refractivity contribution in [3.8, 4) is 0 Å². The highest BCUT2D eigenvalue weighted by atomic mass is 79.9. The number of benzene rings is 1. The second-order valence-electron chi connectivity index (χ2n) is 5.29. The van der Waals surface area contributed by atoms with Crippen LogP contribution in [0.25, 0.3) is 0 Å². The number of ether oxygens (including phenoxy) is 2. The summed E-state index contributed by atoms with van der Waals surface area (Å²) < 4.78 is 10.5. The summed E-state index contributed by atoms with van der Waals surface area (Å²) >= 11 is 9.44. The zero-order valence-electron chi connectivity index (χ0n) is 13.7. The molecule has 0 spiro atoms. The molecule has 1 heterocycles. The zero-order chi connectivity index (χ0) is 18.0. The lowest BCUT2D eigenvalue weighted by atomic mass is 9.80. The first-order chi connectivity index (χ1) is 11.3. The molecule has 0 radical (unpaired) electrons. The summed E-state index contributed by atoms with van der Waals surface area (Å²) in [5.41, 5.74) is 2.70. The minimum absolute atomic E-state index is 0.359. The van der Waals surface area contributed by atoms with E-state index >= 15 is 0 Å². The Labute approximate surface area is 153 Å². The largest absolute Gasteiger partial charge is 0.466 e. The van der Waals surface area contributed by atoms with Crippen molar-refractivity contribution in [2.75, 3.05) is 14.2 Å². The number of nitrogens with one attached hydrogen (secondary N) is 1. The van der Waals surface area contributed by atoms with Gasteiger partial charge in [0, 0.05) is 15.9 Å². The third-order valence-corrected chi connectivity index (χ3v) is 5.06. The molecule has 1 N–H and O–H groups in total. The number of hydrogen-bond donors (Lipinski definition) is 1. The Hall–Kier alpha value is -1.79. The van der Waals surface area contributed by atoms with E-state index in [4.69, 9.17) is 21.1 Å². The Morgan fingerprint density at radius 1 is 1.08 bits per heavy atom. The van der Waals surface area contributed by atoms with Gasteiger partial charge in [0.15, 0.2) is 0 Å². The highest BCUT2D eigenvalue weighted by molar-refractivity contribution is 9.10. The van der Waals surface area contributed by atoms with Crippen molar-refractivity contribution in [2.45, 2.75) is 19.8 Å². The first-order valence-electron chi connectivity index (χ1n) is 7.12.